The summed E-state index contributed by atoms with van der Waals surface area (Å²) < 4.78 is 0. The lowest BCUT2D eigenvalue weighted by molar-refractivity contribution is 0.0984. The Morgan fingerprint density at radius 1 is 1.15 bits per heavy atom. The highest BCUT2D eigenvalue weighted by Crippen LogP contribution is 2.28. The summed E-state index contributed by atoms with van der Waals surface area (Å²) in [7, 11) is 0. The third-order valence-electron chi connectivity index (χ3n) is 5.16. The van der Waals surface area contributed by atoms with E-state index in [1.165, 1.54) is 43.1 Å². The van der Waals surface area contributed by atoms with Crippen molar-refractivity contribution in [1.29, 1.82) is 0 Å². The number of para-hydroxylation sites is 1. The van der Waals surface area contributed by atoms with E-state index >= 15 is 0 Å². The van der Waals surface area contributed by atoms with Crippen molar-refractivity contribution in [3.05, 3.63) is 59.6 Å². The highest BCUT2D eigenvalue weighted by Gasteiger charge is 2.26. The van der Waals surface area contributed by atoms with E-state index in [2.05, 4.69) is 27.4 Å². The first-order valence-corrected chi connectivity index (χ1v) is 9.45. The molecule has 1 aromatic carbocycles. The van der Waals surface area contributed by atoms with Crippen LogP contribution in [0.1, 0.15) is 48.2 Å². The Balaban J connectivity index is 1.41. The molecule has 0 spiro atoms. The van der Waals surface area contributed by atoms with Gasteiger partial charge in [-0.05, 0) is 50.2 Å². The molecule has 0 radical (unpaired) electrons. The van der Waals surface area contributed by atoms with Gasteiger partial charge in [0.1, 0.15) is 17.8 Å². The Labute approximate surface area is 154 Å². The van der Waals surface area contributed by atoms with Crippen LogP contribution in [0.5, 0.6) is 0 Å². The molecular formula is C21H24N4O. The molecule has 0 saturated carbocycles. The maximum absolute atomic E-state index is 12.9. The number of aromatic nitrogens is 2. The molecule has 1 aliphatic carbocycles. The van der Waals surface area contributed by atoms with Crippen LogP contribution < -0.4 is 10.2 Å². The number of allylic oxidation sites excluding steroid dienone is 1. The van der Waals surface area contributed by atoms with Crippen molar-refractivity contribution in [2.45, 2.75) is 38.5 Å². The van der Waals surface area contributed by atoms with E-state index in [-0.39, 0.29) is 5.91 Å². The summed E-state index contributed by atoms with van der Waals surface area (Å²) in [6.07, 6.45) is 10.8. The molecule has 5 heteroatoms. The number of anilines is 2. The molecule has 1 aliphatic heterocycles. The monoisotopic (exact) mass is 348 g/mol. The zero-order chi connectivity index (χ0) is 17.8. The number of rotatable bonds is 5. The van der Waals surface area contributed by atoms with Gasteiger partial charge in [-0.25, -0.2) is 9.97 Å². The van der Waals surface area contributed by atoms with Crippen LogP contribution in [0.2, 0.25) is 0 Å². The van der Waals surface area contributed by atoms with Crippen molar-refractivity contribution < 1.29 is 4.79 Å². The summed E-state index contributed by atoms with van der Waals surface area (Å²) in [5.41, 5.74) is 4.18. The van der Waals surface area contributed by atoms with Gasteiger partial charge in [-0.15, -0.1) is 0 Å². The molecule has 26 heavy (non-hydrogen) atoms. The molecule has 0 fully saturated rings. The summed E-state index contributed by atoms with van der Waals surface area (Å²) in [4.78, 5) is 23.2. The van der Waals surface area contributed by atoms with Crippen LogP contribution in [0.25, 0.3) is 0 Å². The van der Waals surface area contributed by atoms with Gasteiger partial charge in [0.15, 0.2) is 0 Å². The lowest BCUT2D eigenvalue weighted by Gasteiger charge is -2.17. The summed E-state index contributed by atoms with van der Waals surface area (Å²) in [5, 5.41) is 3.33. The average Bonchev–Trinajstić information content (AvgIpc) is 3.13. The molecule has 2 aromatic rings. The topological polar surface area (TPSA) is 58.1 Å². The molecule has 1 N–H and O–H groups in total. The first kappa shape index (κ1) is 16.8. The highest BCUT2D eigenvalue weighted by molar-refractivity contribution is 6.06. The summed E-state index contributed by atoms with van der Waals surface area (Å²) in [6.45, 7) is 1.54. The van der Waals surface area contributed by atoms with Crippen molar-refractivity contribution >= 4 is 17.4 Å². The smallest absolute Gasteiger partial charge is 0.277 e. The van der Waals surface area contributed by atoms with Crippen LogP contribution in [-0.4, -0.2) is 29.0 Å². The molecule has 0 saturated heterocycles. The van der Waals surface area contributed by atoms with Gasteiger partial charge >= 0.3 is 0 Å². The Morgan fingerprint density at radius 3 is 2.96 bits per heavy atom. The molecule has 0 unspecified atom stereocenters. The third-order valence-corrected chi connectivity index (χ3v) is 5.16. The lowest BCUT2D eigenvalue weighted by atomic mass is 9.97. The SMILES string of the molecule is O=C(c1cc(NCCC2=CCCCC2)ncn1)N1CCc2ccccc21. The van der Waals surface area contributed by atoms with E-state index in [9.17, 15) is 4.79 Å². The maximum Gasteiger partial charge on any atom is 0.277 e. The first-order chi connectivity index (χ1) is 12.8. The van der Waals surface area contributed by atoms with Gasteiger partial charge in [0, 0.05) is 24.8 Å². The fraction of sp³-hybridized carbons (Fsp3) is 0.381. The van der Waals surface area contributed by atoms with Gasteiger partial charge in [0.25, 0.3) is 5.91 Å². The molecule has 4 rings (SSSR count). The Bertz CT molecular complexity index is 830. The number of nitrogens with one attached hydrogen (secondary N) is 1. The number of benzene rings is 1. The van der Waals surface area contributed by atoms with Crippen molar-refractivity contribution in [3.8, 4) is 0 Å². The molecule has 1 aromatic heterocycles. The lowest BCUT2D eigenvalue weighted by Crippen LogP contribution is -2.29. The zero-order valence-corrected chi connectivity index (χ0v) is 14.9. The van der Waals surface area contributed by atoms with E-state index < -0.39 is 0 Å². The second-order valence-electron chi connectivity index (χ2n) is 6.91. The third kappa shape index (κ3) is 3.62. The Morgan fingerprint density at radius 2 is 2.08 bits per heavy atom. The van der Waals surface area contributed by atoms with Crippen molar-refractivity contribution in [1.82, 2.24) is 9.97 Å². The van der Waals surface area contributed by atoms with E-state index in [1.54, 1.807) is 6.07 Å². The highest BCUT2D eigenvalue weighted by atomic mass is 16.2. The van der Waals surface area contributed by atoms with Gasteiger partial charge in [-0.2, -0.15) is 0 Å². The van der Waals surface area contributed by atoms with E-state index in [0.29, 0.717) is 18.1 Å². The first-order valence-electron chi connectivity index (χ1n) is 9.45. The predicted molar refractivity (Wildman–Crippen MR) is 104 cm³/mol. The standard InChI is InChI=1S/C21H24N4O/c26-21(25-13-11-17-8-4-5-9-19(17)25)18-14-20(24-15-23-18)22-12-10-16-6-2-1-3-7-16/h4-6,8-9,14-15H,1-3,7,10-13H2,(H,22,23,24). The fourth-order valence-corrected chi connectivity index (χ4v) is 3.74. The largest absolute Gasteiger partial charge is 0.370 e. The van der Waals surface area contributed by atoms with Gasteiger partial charge < -0.3 is 10.2 Å². The van der Waals surface area contributed by atoms with Crippen molar-refractivity contribution in [3.63, 3.8) is 0 Å². The van der Waals surface area contributed by atoms with E-state index in [1.807, 2.05) is 23.1 Å². The van der Waals surface area contributed by atoms with Crippen molar-refractivity contribution in [2.24, 2.45) is 0 Å². The molecule has 2 heterocycles. The number of hydrogen-bond donors (Lipinski definition) is 1. The number of fused-ring (bicyclic) bond motifs is 1. The van der Waals surface area contributed by atoms with Crippen LogP contribution in [-0.2, 0) is 6.42 Å². The van der Waals surface area contributed by atoms with E-state index in [0.717, 1.165) is 25.1 Å². The summed E-state index contributed by atoms with van der Waals surface area (Å²) in [5.74, 6) is 0.655. The van der Waals surface area contributed by atoms with Gasteiger partial charge in [-0.1, -0.05) is 29.8 Å². The average molecular weight is 348 g/mol. The van der Waals surface area contributed by atoms with E-state index in [4.69, 9.17) is 0 Å². The fourth-order valence-electron chi connectivity index (χ4n) is 3.74. The molecule has 2 aliphatic rings. The Hall–Kier alpha value is -2.69. The number of hydrogen-bond acceptors (Lipinski definition) is 4. The molecule has 5 nitrogen and oxygen atoms in total. The maximum atomic E-state index is 12.9. The molecule has 134 valence electrons. The quantitative estimate of drug-likeness (QED) is 0.830. The van der Waals surface area contributed by atoms with Gasteiger partial charge in [0.2, 0.25) is 0 Å². The van der Waals surface area contributed by atoms with Crippen LogP contribution in [0, 0.1) is 0 Å². The predicted octanol–water partition coefficient (Wildman–Crippen LogP) is 3.98. The molecule has 1 amide bonds. The molecule has 0 atom stereocenters. The number of carbonyl (C=O) groups is 1. The molecule has 0 bridgehead atoms. The number of nitrogens with zero attached hydrogens (tertiary/aromatic N) is 3. The number of carbonyl (C=O) groups excluding carboxylic acids is 1. The Kier molecular flexibility index (Phi) is 4.95. The normalized spacial score (nSPS) is 16.2. The minimum atomic E-state index is -0.0598. The second-order valence-corrected chi connectivity index (χ2v) is 6.91. The minimum Gasteiger partial charge on any atom is -0.370 e. The second kappa shape index (κ2) is 7.68. The summed E-state index contributed by atoms with van der Waals surface area (Å²) in [6, 6.07) is 9.82. The molecular weight excluding hydrogens is 324 g/mol. The van der Waals surface area contributed by atoms with Crippen molar-refractivity contribution in [2.75, 3.05) is 23.3 Å². The minimum absolute atomic E-state index is 0.0598. The van der Waals surface area contributed by atoms with Crippen LogP contribution in [0.4, 0.5) is 11.5 Å². The number of amides is 1. The zero-order valence-electron chi connectivity index (χ0n) is 14.9. The van der Waals surface area contributed by atoms with Crippen LogP contribution >= 0.6 is 0 Å². The van der Waals surface area contributed by atoms with Crippen LogP contribution in [0.3, 0.4) is 0 Å². The van der Waals surface area contributed by atoms with Gasteiger partial charge in [-0.3, -0.25) is 4.79 Å². The van der Waals surface area contributed by atoms with Gasteiger partial charge in [0.05, 0.1) is 0 Å². The summed E-state index contributed by atoms with van der Waals surface area (Å²) >= 11 is 0. The van der Waals surface area contributed by atoms with Crippen LogP contribution in [0.15, 0.2) is 48.3 Å².